The van der Waals surface area contributed by atoms with Crippen LogP contribution in [0.3, 0.4) is 0 Å². The summed E-state index contributed by atoms with van der Waals surface area (Å²) in [5, 5.41) is 6.85. The van der Waals surface area contributed by atoms with E-state index in [2.05, 4.69) is 51.5 Å². The number of likely N-dealkylation sites (N-methyl/N-ethyl adjacent to an activating group) is 1. The van der Waals surface area contributed by atoms with Crippen LogP contribution in [0.2, 0.25) is 0 Å². The van der Waals surface area contributed by atoms with Gasteiger partial charge in [0.25, 0.3) is 0 Å². The first kappa shape index (κ1) is 19.8. The second-order valence-corrected chi connectivity index (χ2v) is 7.53. The van der Waals surface area contributed by atoms with E-state index in [1.54, 1.807) is 0 Å². The average molecular weight is 376 g/mol. The largest absolute Gasteiger partial charge is 0.454 e. The monoisotopic (exact) mass is 375 g/mol. The van der Waals surface area contributed by atoms with E-state index in [1.807, 2.05) is 13.1 Å². The lowest BCUT2D eigenvalue weighted by molar-refractivity contribution is 0.139. The SMILES string of the molecule is CN=C(NCCc1ccc2c(c1)OCO2)NCC(C)CN1CCN(C)CC1. The Morgan fingerprint density at radius 3 is 2.70 bits per heavy atom. The molecule has 1 fully saturated rings. The topological polar surface area (TPSA) is 61.4 Å². The molecule has 7 heteroatoms. The van der Waals surface area contributed by atoms with Gasteiger partial charge in [0, 0.05) is 52.9 Å². The molecular formula is C20H33N5O2. The summed E-state index contributed by atoms with van der Waals surface area (Å²) in [7, 11) is 4.02. The van der Waals surface area contributed by atoms with Crippen molar-refractivity contribution < 1.29 is 9.47 Å². The maximum atomic E-state index is 5.44. The number of hydrogen-bond acceptors (Lipinski definition) is 5. The molecule has 150 valence electrons. The fourth-order valence-corrected chi connectivity index (χ4v) is 3.45. The third-order valence-electron chi connectivity index (χ3n) is 5.15. The summed E-state index contributed by atoms with van der Waals surface area (Å²) in [5.74, 6) is 3.12. The van der Waals surface area contributed by atoms with Crippen molar-refractivity contribution in [1.82, 2.24) is 20.4 Å². The van der Waals surface area contributed by atoms with Crippen LogP contribution in [0.25, 0.3) is 0 Å². The van der Waals surface area contributed by atoms with Crippen molar-refractivity contribution in [2.75, 3.05) is 66.7 Å². The molecule has 0 bridgehead atoms. The lowest BCUT2D eigenvalue weighted by Crippen LogP contribution is -2.47. The molecule has 1 atom stereocenters. The quantitative estimate of drug-likeness (QED) is 0.548. The molecule has 1 unspecified atom stereocenters. The van der Waals surface area contributed by atoms with Gasteiger partial charge in [-0.15, -0.1) is 0 Å². The number of ether oxygens (including phenoxy) is 2. The molecule has 1 aromatic carbocycles. The first-order valence-corrected chi connectivity index (χ1v) is 9.88. The number of nitrogens with zero attached hydrogens (tertiary/aromatic N) is 3. The zero-order valence-electron chi connectivity index (χ0n) is 16.8. The minimum atomic E-state index is 0.319. The van der Waals surface area contributed by atoms with Crippen LogP contribution in [0.4, 0.5) is 0 Å². The van der Waals surface area contributed by atoms with Crippen LogP contribution in [0.1, 0.15) is 12.5 Å². The van der Waals surface area contributed by atoms with Crippen LogP contribution in [-0.4, -0.2) is 82.5 Å². The molecule has 0 saturated carbocycles. The summed E-state index contributed by atoms with van der Waals surface area (Å²) in [5.41, 5.74) is 1.23. The maximum Gasteiger partial charge on any atom is 0.231 e. The second kappa shape index (κ2) is 9.80. The molecule has 0 aliphatic carbocycles. The Morgan fingerprint density at radius 2 is 1.93 bits per heavy atom. The number of fused-ring (bicyclic) bond motifs is 1. The van der Waals surface area contributed by atoms with E-state index in [0.717, 1.165) is 43.5 Å². The molecule has 0 aromatic heterocycles. The van der Waals surface area contributed by atoms with Crippen molar-refractivity contribution in [2.24, 2.45) is 10.9 Å². The third kappa shape index (κ3) is 6.01. The first-order chi connectivity index (χ1) is 13.1. The van der Waals surface area contributed by atoms with Crippen LogP contribution in [0, 0.1) is 5.92 Å². The molecule has 7 nitrogen and oxygen atoms in total. The fraction of sp³-hybridized carbons (Fsp3) is 0.650. The lowest BCUT2D eigenvalue weighted by Gasteiger charge is -2.34. The van der Waals surface area contributed by atoms with Crippen molar-refractivity contribution >= 4 is 5.96 Å². The van der Waals surface area contributed by atoms with Gasteiger partial charge in [-0.25, -0.2) is 0 Å². The molecule has 2 aliphatic heterocycles. The molecule has 27 heavy (non-hydrogen) atoms. The molecule has 0 spiro atoms. The van der Waals surface area contributed by atoms with E-state index < -0.39 is 0 Å². The van der Waals surface area contributed by atoms with Crippen LogP contribution >= 0.6 is 0 Å². The van der Waals surface area contributed by atoms with E-state index in [0.29, 0.717) is 12.7 Å². The highest BCUT2D eigenvalue weighted by Crippen LogP contribution is 2.32. The molecule has 0 amide bonds. The zero-order valence-corrected chi connectivity index (χ0v) is 16.8. The van der Waals surface area contributed by atoms with Crippen LogP contribution < -0.4 is 20.1 Å². The summed E-state index contributed by atoms with van der Waals surface area (Å²) >= 11 is 0. The van der Waals surface area contributed by atoms with Crippen molar-refractivity contribution in [3.8, 4) is 11.5 Å². The van der Waals surface area contributed by atoms with Crippen molar-refractivity contribution in [3.05, 3.63) is 23.8 Å². The van der Waals surface area contributed by atoms with Gasteiger partial charge in [-0.3, -0.25) is 4.99 Å². The molecule has 2 aliphatic rings. The van der Waals surface area contributed by atoms with Crippen LogP contribution in [0.5, 0.6) is 11.5 Å². The van der Waals surface area contributed by atoms with E-state index >= 15 is 0 Å². The van der Waals surface area contributed by atoms with Crippen molar-refractivity contribution in [1.29, 1.82) is 0 Å². The molecule has 1 saturated heterocycles. The van der Waals surface area contributed by atoms with Gasteiger partial charge in [0.1, 0.15) is 0 Å². The Bertz CT molecular complexity index is 629. The van der Waals surface area contributed by atoms with Gasteiger partial charge < -0.3 is 29.9 Å². The van der Waals surface area contributed by atoms with Crippen LogP contribution in [-0.2, 0) is 6.42 Å². The Balaban J connectivity index is 1.34. The highest BCUT2D eigenvalue weighted by Gasteiger charge is 2.16. The van der Waals surface area contributed by atoms with Crippen molar-refractivity contribution in [2.45, 2.75) is 13.3 Å². The summed E-state index contributed by atoms with van der Waals surface area (Å²) in [6.07, 6.45) is 0.911. The van der Waals surface area contributed by atoms with Gasteiger partial charge in [0.15, 0.2) is 17.5 Å². The van der Waals surface area contributed by atoms with Gasteiger partial charge in [-0.1, -0.05) is 13.0 Å². The molecule has 3 rings (SSSR count). The second-order valence-electron chi connectivity index (χ2n) is 7.53. The normalized spacial score (nSPS) is 19.1. The Morgan fingerprint density at radius 1 is 1.15 bits per heavy atom. The zero-order chi connectivity index (χ0) is 19.1. The number of hydrogen-bond donors (Lipinski definition) is 2. The highest BCUT2D eigenvalue weighted by atomic mass is 16.7. The predicted molar refractivity (Wildman–Crippen MR) is 109 cm³/mol. The number of piperazine rings is 1. The Kier molecular flexibility index (Phi) is 7.18. The molecule has 0 radical (unpaired) electrons. The highest BCUT2D eigenvalue weighted by molar-refractivity contribution is 5.79. The molecule has 2 heterocycles. The summed E-state index contributed by atoms with van der Waals surface area (Å²) in [6.45, 7) is 10.2. The maximum absolute atomic E-state index is 5.44. The summed E-state index contributed by atoms with van der Waals surface area (Å²) < 4.78 is 10.8. The average Bonchev–Trinajstić information content (AvgIpc) is 3.14. The number of guanidine groups is 1. The van der Waals surface area contributed by atoms with Crippen LogP contribution in [0.15, 0.2) is 23.2 Å². The van der Waals surface area contributed by atoms with E-state index in [9.17, 15) is 0 Å². The Labute approximate surface area is 162 Å². The number of nitrogens with one attached hydrogen (secondary N) is 2. The minimum absolute atomic E-state index is 0.319. The molecule has 2 N–H and O–H groups in total. The van der Waals surface area contributed by atoms with E-state index in [4.69, 9.17) is 9.47 Å². The van der Waals surface area contributed by atoms with Gasteiger partial charge in [0.05, 0.1) is 0 Å². The standard InChI is InChI=1S/C20H33N5O2/c1-16(14-25-10-8-24(3)9-11-25)13-23-20(21-2)22-7-6-17-4-5-18-19(12-17)27-15-26-18/h4-5,12,16H,6-11,13-15H2,1-3H3,(H2,21,22,23). The summed E-state index contributed by atoms with van der Waals surface area (Å²) in [6, 6.07) is 6.12. The third-order valence-corrected chi connectivity index (χ3v) is 5.15. The lowest BCUT2D eigenvalue weighted by atomic mass is 10.1. The van der Waals surface area contributed by atoms with Gasteiger partial charge >= 0.3 is 0 Å². The van der Waals surface area contributed by atoms with Gasteiger partial charge in [-0.05, 0) is 37.1 Å². The number of aliphatic imine (C=N–C) groups is 1. The first-order valence-electron chi connectivity index (χ1n) is 9.88. The van der Waals surface area contributed by atoms with E-state index in [1.165, 1.54) is 31.7 Å². The minimum Gasteiger partial charge on any atom is -0.454 e. The smallest absolute Gasteiger partial charge is 0.231 e. The van der Waals surface area contributed by atoms with Gasteiger partial charge in [0.2, 0.25) is 6.79 Å². The summed E-state index contributed by atoms with van der Waals surface area (Å²) in [4.78, 5) is 9.29. The van der Waals surface area contributed by atoms with Crippen molar-refractivity contribution in [3.63, 3.8) is 0 Å². The number of rotatable bonds is 7. The Hall–Kier alpha value is -1.99. The number of benzene rings is 1. The molecular weight excluding hydrogens is 342 g/mol. The fourth-order valence-electron chi connectivity index (χ4n) is 3.45. The molecule has 1 aromatic rings. The predicted octanol–water partition coefficient (Wildman–Crippen LogP) is 1.01. The van der Waals surface area contributed by atoms with E-state index in [-0.39, 0.29) is 0 Å². The van der Waals surface area contributed by atoms with Gasteiger partial charge in [-0.2, -0.15) is 0 Å².